The molecule has 5 rings (SSSR count). The first-order valence-corrected chi connectivity index (χ1v) is 11.2. The van der Waals surface area contributed by atoms with E-state index in [-0.39, 0.29) is 5.82 Å². The molecule has 0 aliphatic heterocycles. The predicted octanol–water partition coefficient (Wildman–Crippen LogP) is 5.61. The second kappa shape index (κ2) is 9.20. The van der Waals surface area contributed by atoms with Gasteiger partial charge in [-0.25, -0.2) is 9.37 Å². The van der Waals surface area contributed by atoms with Gasteiger partial charge in [0.2, 0.25) is 0 Å². The van der Waals surface area contributed by atoms with Crippen LogP contribution in [0.2, 0.25) is 0 Å². The van der Waals surface area contributed by atoms with Crippen molar-refractivity contribution >= 4 is 11.8 Å². The van der Waals surface area contributed by atoms with Crippen LogP contribution in [0.4, 0.5) is 4.39 Å². The highest BCUT2D eigenvalue weighted by Gasteiger charge is 2.17. The summed E-state index contributed by atoms with van der Waals surface area (Å²) in [5.74, 6) is 2.00. The Morgan fingerprint density at radius 3 is 2.28 bits per heavy atom. The third-order valence-corrected chi connectivity index (χ3v) is 6.00. The molecule has 0 unspecified atom stereocenters. The molecule has 32 heavy (non-hydrogen) atoms. The minimum Gasteiger partial charge on any atom is -0.330 e. The molecule has 2 aromatic heterocycles. The molecule has 0 spiro atoms. The Hall–Kier alpha value is -3.71. The fourth-order valence-electron chi connectivity index (χ4n) is 3.49. The molecule has 0 radical (unpaired) electrons. The molecule has 0 fully saturated rings. The average Bonchev–Trinajstić information content (AvgIpc) is 3.46. The topological polar surface area (TPSA) is 48.5 Å². The maximum absolute atomic E-state index is 13.4. The van der Waals surface area contributed by atoms with E-state index in [9.17, 15) is 4.39 Å². The summed E-state index contributed by atoms with van der Waals surface area (Å²) in [4.78, 5) is 4.55. The number of aromatic nitrogens is 5. The Morgan fingerprint density at radius 1 is 0.812 bits per heavy atom. The van der Waals surface area contributed by atoms with Crippen LogP contribution in [0.5, 0.6) is 0 Å². The minimum atomic E-state index is -0.278. The highest BCUT2D eigenvalue weighted by Crippen LogP contribution is 2.29. The van der Waals surface area contributed by atoms with Gasteiger partial charge in [-0.05, 0) is 42.0 Å². The summed E-state index contributed by atoms with van der Waals surface area (Å²) in [5.41, 5.74) is 2.98. The van der Waals surface area contributed by atoms with Crippen LogP contribution >= 0.6 is 11.8 Å². The lowest BCUT2D eigenvalue weighted by Gasteiger charge is -2.11. The fourth-order valence-corrected chi connectivity index (χ4v) is 4.41. The van der Waals surface area contributed by atoms with Gasteiger partial charge in [-0.15, -0.1) is 10.2 Å². The molecule has 0 amide bonds. The van der Waals surface area contributed by atoms with E-state index in [1.54, 1.807) is 23.9 Å². The number of imidazole rings is 1. The van der Waals surface area contributed by atoms with Crippen LogP contribution < -0.4 is 0 Å². The lowest BCUT2D eigenvalue weighted by atomic mass is 10.2. The summed E-state index contributed by atoms with van der Waals surface area (Å²) in [6.07, 6.45) is 3.82. The van der Waals surface area contributed by atoms with Crippen molar-refractivity contribution in [2.75, 3.05) is 0 Å². The molecular formula is C25H20FN5S. The molecule has 0 aliphatic rings. The van der Waals surface area contributed by atoms with E-state index in [0.717, 1.165) is 28.8 Å². The van der Waals surface area contributed by atoms with Crippen LogP contribution in [0.1, 0.15) is 11.4 Å². The number of rotatable bonds is 7. The first-order chi connectivity index (χ1) is 15.8. The molecule has 0 bridgehead atoms. The van der Waals surface area contributed by atoms with E-state index < -0.39 is 0 Å². The van der Waals surface area contributed by atoms with E-state index in [1.807, 2.05) is 65.5 Å². The number of para-hydroxylation sites is 1. The zero-order chi connectivity index (χ0) is 21.8. The molecule has 7 heteroatoms. The molecule has 2 heterocycles. The third-order valence-electron chi connectivity index (χ3n) is 5.08. The molecule has 0 saturated carbocycles. The smallest absolute Gasteiger partial charge is 0.196 e. The van der Waals surface area contributed by atoms with Crippen LogP contribution in [0.15, 0.2) is 102 Å². The SMILES string of the molecule is Fc1ccc(-c2nnc(SCc3nccn3Cc3ccccc3)n2-c2ccccc2)cc1. The molecule has 5 nitrogen and oxygen atoms in total. The van der Waals surface area contributed by atoms with E-state index in [1.165, 1.54) is 17.7 Å². The predicted molar refractivity (Wildman–Crippen MR) is 124 cm³/mol. The second-order valence-electron chi connectivity index (χ2n) is 7.23. The van der Waals surface area contributed by atoms with E-state index in [0.29, 0.717) is 11.6 Å². The summed E-state index contributed by atoms with van der Waals surface area (Å²) in [7, 11) is 0. The van der Waals surface area contributed by atoms with Crippen LogP contribution in [0.25, 0.3) is 17.1 Å². The van der Waals surface area contributed by atoms with Gasteiger partial charge in [0.05, 0.1) is 5.75 Å². The van der Waals surface area contributed by atoms with E-state index >= 15 is 0 Å². The van der Waals surface area contributed by atoms with Crippen molar-refractivity contribution in [1.29, 1.82) is 0 Å². The Morgan fingerprint density at radius 2 is 1.53 bits per heavy atom. The van der Waals surface area contributed by atoms with Crippen molar-refractivity contribution in [3.8, 4) is 17.1 Å². The van der Waals surface area contributed by atoms with Gasteiger partial charge < -0.3 is 4.57 Å². The quantitative estimate of drug-likeness (QED) is 0.308. The zero-order valence-corrected chi connectivity index (χ0v) is 18.0. The van der Waals surface area contributed by atoms with E-state index in [4.69, 9.17) is 0 Å². The summed E-state index contributed by atoms with van der Waals surface area (Å²) in [6, 6.07) is 26.6. The number of benzene rings is 3. The molecular weight excluding hydrogens is 421 g/mol. The van der Waals surface area contributed by atoms with Crippen molar-refractivity contribution in [3.05, 3.63) is 115 Å². The van der Waals surface area contributed by atoms with Crippen LogP contribution in [0, 0.1) is 5.82 Å². The lowest BCUT2D eigenvalue weighted by Crippen LogP contribution is -2.04. The Kier molecular flexibility index (Phi) is 5.81. The number of hydrogen-bond donors (Lipinski definition) is 0. The van der Waals surface area contributed by atoms with Crippen molar-refractivity contribution in [2.24, 2.45) is 0 Å². The summed E-state index contributed by atoms with van der Waals surface area (Å²) in [5, 5.41) is 9.63. The van der Waals surface area contributed by atoms with Crippen LogP contribution in [-0.4, -0.2) is 24.3 Å². The van der Waals surface area contributed by atoms with Gasteiger partial charge in [0.25, 0.3) is 0 Å². The number of halogens is 1. The van der Waals surface area contributed by atoms with Crippen molar-refractivity contribution in [1.82, 2.24) is 24.3 Å². The number of thioether (sulfide) groups is 1. The highest BCUT2D eigenvalue weighted by atomic mass is 32.2. The van der Waals surface area contributed by atoms with Crippen molar-refractivity contribution < 1.29 is 4.39 Å². The highest BCUT2D eigenvalue weighted by molar-refractivity contribution is 7.98. The van der Waals surface area contributed by atoms with Gasteiger partial charge >= 0.3 is 0 Å². The maximum Gasteiger partial charge on any atom is 0.196 e. The fraction of sp³-hybridized carbons (Fsp3) is 0.0800. The molecule has 0 saturated heterocycles. The maximum atomic E-state index is 13.4. The molecule has 0 atom stereocenters. The number of hydrogen-bond acceptors (Lipinski definition) is 4. The molecule has 158 valence electrons. The minimum absolute atomic E-state index is 0.278. The third kappa shape index (κ3) is 4.33. The van der Waals surface area contributed by atoms with Crippen LogP contribution in [-0.2, 0) is 12.3 Å². The summed E-state index contributed by atoms with van der Waals surface area (Å²) in [6.45, 7) is 0.767. The Bertz CT molecular complexity index is 1300. The second-order valence-corrected chi connectivity index (χ2v) is 8.17. The zero-order valence-electron chi connectivity index (χ0n) is 17.2. The largest absolute Gasteiger partial charge is 0.330 e. The molecule has 3 aromatic carbocycles. The standard InChI is InChI=1S/C25H20FN5S/c26-21-13-11-20(12-14-21)24-28-29-25(31(24)22-9-5-2-6-10-22)32-18-23-27-15-16-30(23)17-19-7-3-1-4-8-19/h1-16H,17-18H2. The lowest BCUT2D eigenvalue weighted by molar-refractivity contribution is 0.628. The van der Waals surface area contributed by atoms with Crippen molar-refractivity contribution in [3.63, 3.8) is 0 Å². The van der Waals surface area contributed by atoms with Crippen LogP contribution in [0.3, 0.4) is 0 Å². The normalized spacial score (nSPS) is 11.0. The first kappa shape index (κ1) is 20.2. The number of nitrogens with zero attached hydrogens (tertiary/aromatic N) is 5. The van der Waals surface area contributed by atoms with Gasteiger partial charge in [-0.1, -0.05) is 60.3 Å². The summed E-state index contributed by atoms with van der Waals surface area (Å²) >= 11 is 1.57. The first-order valence-electron chi connectivity index (χ1n) is 10.2. The van der Waals surface area contributed by atoms with Gasteiger partial charge in [0, 0.05) is 30.2 Å². The van der Waals surface area contributed by atoms with Gasteiger partial charge in [0.1, 0.15) is 11.6 Å². The van der Waals surface area contributed by atoms with E-state index in [2.05, 4.69) is 31.9 Å². The van der Waals surface area contributed by atoms with Gasteiger partial charge in [-0.3, -0.25) is 4.57 Å². The monoisotopic (exact) mass is 441 g/mol. The molecule has 5 aromatic rings. The van der Waals surface area contributed by atoms with Crippen molar-refractivity contribution in [2.45, 2.75) is 17.5 Å². The summed E-state index contributed by atoms with van der Waals surface area (Å²) < 4.78 is 17.6. The molecule has 0 N–H and O–H groups in total. The average molecular weight is 442 g/mol. The van der Waals surface area contributed by atoms with Gasteiger partial charge in [-0.2, -0.15) is 0 Å². The Balaban J connectivity index is 1.44. The van der Waals surface area contributed by atoms with Gasteiger partial charge in [0.15, 0.2) is 11.0 Å². The Labute approximate surface area is 189 Å². The molecule has 0 aliphatic carbocycles.